The Morgan fingerprint density at radius 2 is 2.00 bits per heavy atom. The summed E-state index contributed by atoms with van der Waals surface area (Å²) in [6.07, 6.45) is 0.328. The molecule has 0 spiro atoms. The number of nitro groups is 1. The maximum atomic E-state index is 13.5. The van der Waals surface area contributed by atoms with Crippen molar-refractivity contribution in [3.8, 4) is 0 Å². The van der Waals surface area contributed by atoms with Gasteiger partial charge in [0.15, 0.2) is 0 Å². The second-order valence-corrected chi connectivity index (χ2v) is 6.20. The molecule has 118 valence electrons. The molecule has 7 nitrogen and oxygen atoms in total. The van der Waals surface area contributed by atoms with Crippen molar-refractivity contribution >= 4 is 15.7 Å². The summed E-state index contributed by atoms with van der Waals surface area (Å²) >= 11 is 0. The predicted octanol–water partition coefficient (Wildman–Crippen LogP) is 1.17. The number of benzene rings is 1. The Hall–Kier alpha value is -1.65. The van der Waals surface area contributed by atoms with Crippen LogP contribution in [0.3, 0.4) is 0 Å². The Morgan fingerprint density at radius 1 is 1.38 bits per heavy atom. The zero-order valence-corrected chi connectivity index (χ0v) is 11.9. The Kier molecular flexibility index (Phi) is 5.70. The van der Waals surface area contributed by atoms with Gasteiger partial charge in [0.1, 0.15) is 10.7 Å². The van der Waals surface area contributed by atoms with Crippen LogP contribution in [0.15, 0.2) is 17.0 Å². The molecule has 0 heterocycles. The van der Waals surface area contributed by atoms with Gasteiger partial charge in [-0.2, -0.15) is 4.39 Å². The van der Waals surface area contributed by atoms with E-state index in [0.717, 1.165) is 0 Å². The highest BCUT2D eigenvalue weighted by Crippen LogP contribution is 2.24. The van der Waals surface area contributed by atoms with E-state index in [4.69, 9.17) is 5.11 Å². The molecule has 0 aromatic heterocycles. The van der Waals surface area contributed by atoms with Gasteiger partial charge in [-0.3, -0.25) is 10.1 Å². The van der Waals surface area contributed by atoms with E-state index in [-0.39, 0.29) is 25.1 Å². The van der Waals surface area contributed by atoms with Gasteiger partial charge in [-0.25, -0.2) is 17.5 Å². The lowest BCUT2D eigenvalue weighted by Crippen LogP contribution is -2.29. The van der Waals surface area contributed by atoms with Gasteiger partial charge in [0.05, 0.1) is 4.92 Å². The lowest BCUT2D eigenvalue weighted by atomic mass is 10.1. The van der Waals surface area contributed by atoms with E-state index in [1.807, 2.05) is 0 Å². The number of sulfonamides is 1. The van der Waals surface area contributed by atoms with Crippen LogP contribution >= 0.6 is 0 Å². The molecule has 0 bridgehead atoms. The molecular formula is C11H14F2N2O5S. The maximum absolute atomic E-state index is 13.5. The van der Waals surface area contributed by atoms with Crippen LogP contribution in [-0.2, 0) is 10.0 Å². The minimum absolute atomic E-state index is 0.0898. The Labute approximate surface area is 119 Å². The first kappa shape index (κ1) is 17.4. The predicted molar refractivity (Wildman–Crippen MR) is 69.1 cm³/mol. The minimum atomic E-state index is -4.35. The first-order valence-corrected chi connectivity index (χ1v) is 7.41. The number of nitrogens with zero attached hydrogens (tertiary/aromatic N) is 1. The molecule has 10 heteroatoms. The first-order chi connectivity index (χ1) is 9.69. The van der Waals surface area contributed by atoms with Gasteiger partial charge >= 0.3 is 5.69 Å². The first-order valence-electron chi connectivity index (χ1n) is 5.93. The summed E-state index contributed by atoms with van der Waals surface area (Å²) in [5.41, 5.74) is -1.12. The van der Waals surface area contributed by atoms with Crippen LogP contribution in [0.5, 0.6) is 0 Å². The summed E-state index contributed by atoms with van der Waals surface area (Å²) < 4.78 is 52.5. The zero-order chi connectivity index (χ0) is 16.2. The highest BCUT2D eigenvalue weighted by Gasteiger charge is 2.26. The van der Waals surface area contributed by atoms with Gasteiger partial charge in [0, 0.05) is 25.3 Å². The van der Waals surface area contributed by atoms with Gasteiger partial charge in [0.2, 0.25) is 15.8 Å². The van der Waals surface area contributed by atoms with E-state index in [2.05, 4.69) is 4.72 Å². The smallest absolute Gasteiger partial charge is 0.306 e. The Morgan fingerprint density at radius 3 is 2.52 bits per heavy atom. The number of halogens is 2. The van der Waals surface area contributed by atoms with Gasteiger partial charge < -0.3 is 5.11 Å². The molecule has 0 aliphatic heterocycles. The minimum Gasteiger partial charge on any atom is -0.396 e. The van der Waals surface area contributed by atoms with Gasteiger partial charge in [-0.15, -0.1) is 0 Å². The lowest BCUT2D eigenvalue weighted by molar-refractivity contribution is -0.387. The van der Waals surface area contributed by atoms with Crippen LogP contribution < -0.4 is 4.72 Å². The number of hydrogen-bond acceptors (Lipinski definition) is 5. The van der Waals surface area contributed by atoms with E-state index in [1.54, 1.807) is 6.92 Å². The fourth-order valence-corrected chi connectivity index (χ4v) is 2.76. The lowest BCUT2D eigenvalue weighted by Gasteiger charge is -2.12. The average Bonchev–Trinajstić information content (AvgIpc) is 2.36. The number of hydrogen-bond donors (Lipinski definition) is 2. The molecule has 0 radical (unpaired) electrons. The van der Waals surface area contributed by atoms with Gasteiger partial charge in [0.25, 0.3) is 0 Å². The third-order valence-corrected chi connectivity index (χ3v) is 4.17. The highest BCUT2D eigenvalue weighted by molar-refractivity contribution is 7.89. The topological polar surface area (TPSA) is 110 Å². The van der Waals surface area contributed by atoms with E-state index >= 15 is 0 Å². The van der Waals surface area contributed by atoms with Crippen LogP contribution in [-0.4, -0.2) is 31.6 Å². The van der Waals surface area contributed by atoms with Gasteiger partial charge in [-0.05, 0) is 12.3 Å². The van der Waals surface area contributed by atoms with E-state index < -0.39 is 37.2 Å². The molecule has 1 aromatic carbocycles. The summed E-state index contributed by atoms with van der Waals surface area (Å²) in [4.78, 5) is 8.43. The maximum Gasteiger partial charge on any atom is 0.306 e. The molecular weight excluding hydrogens is 310 g/mol. The van der Waals surface area contributed by atoms with Crippen molar-refractivity contribution in [2.45, 2.75) is 18.2 Å². The van der Waals surface area contributed by atoms with Gasteiger partial charge in [-0.1, -0.05) is 6.92 Å². The fourth-order valence-electron chi connectivity index (χ4n) is 1.52. The number of nitro benzene ring substituents is 1. The molecule has 1 atom stereocenters. The van der Waals surface area contributed by atoms with Crippen molar-refractivity contribution in [1.29, 1.82) is 0 Å². The van der Waals surface area contributed by atoms with Crippen molar-refractivity contribution in [2.24, 2.45) is 5.92 Å². The van der Waals surface area contributed by atoms with Crippen LogP contribution in [0, 0.1) is 27.7 Å². The second-order valence-electron chi connectivity index (χ2n) is 4.46. The quantitative estimate of drug-likeness (QED) is 0.578. The van der Waals surface area contributed by atoms with Crippen molar-refractivity contribution in [1.82, 2.24) is 4.72 Å². The highest BCUT2D eigenvalue weighted by atomic mass is 32.2. The molecule has 1 rings (SSSR count). The van der Waals surface area contributed by atoms with Crippen LogP contribution in [0.4, 0.5) is 14.5 Å². The van der Waals surface area contributed by atoms with E-state index in [0.29, 0.717) is 12.5 Å². The summed E-state index contributed by atoms with van der Waals surface area (Å²) in [5, 5.41) is 19.3. The van der Waals surface area contributed by atoms with Crippen molar-refractivity contribution in [2.75, 3.05) is 13.2 Å². The average molecular weight is 324 g/mol. The SMILES string of the molecule is CC(CCO)CNS(=O)(=O)c1cc([N+](=O)[O-])c(F)cc1F. The van der Waals surface area contributed by atoms with Crippen LogP contribution in [0.1, 0.15) is 13.3 Å². The number of aliphatic hydroxyl groups excluding tert-OH is 1. The molecule has 1 aromatic rings. The molecule has 1 unspecified atom stereocenters. The molecule has 0 saturated carbocycles. The van der Waals surface area contributed by atoms with Crippen LogP contribution in [0.2, 0.25) is 0 Å². The van der Waals surface area contributed by atoms with Crippen molar-refractivity contribution < 1.29 is 27.2 Å². The fraction of sp³-hybridized carbons (Fsp3) is 0.455. The molecule has 0 aliphatic rings. The van der Waals surface area contributed by atoms with Crippen molar-refractivity contribution in [3.05, 3.63) is 33.9 Å². The van der Waals surface area contributed by atoms with E-state index in [1.165, 1.54) is 0 Å². The summed E-state index contributed by atoms with van der Waals surface area (Å²) in [6.45, 7) is 1.43. The molecule has 21 heavy (non-hydrogen) atoms. The molecule has 2 N–H and O–H groups in total. The standard InChI is InChI=1S/C11H14F2N2O5S/c1-7(2-3-16)6-14-21(19,20)11-5-10(15(17)18)8(12)4-9(11)13/h4-5,7,14,16H,2-3,6H2,1H3. The molecule has 0 saturated heterocycles. The number of nitrogens with one attached hydrogen (secondary N) is 1. The van der Waals surface area contributed by atoms with E-state index in [9.17, 15) is 27.3 Å². The summed E-state index contributed by atoms with van der Waals surface area (Å²) in [7, 11) is -4.35. The molecule has 0 aliphatic carbocycles. The Balaban J connectivity index is 3.08. The third-order valence-electron chi connectivity index (χ3n) is 2.73. The third kappa shape index (κ3) is 4.41. The normalized spacial score (nSPS) is 13.1. The summed E-state index contributed by atoms with van der Waals surface area (Å²) in [5.74, 6) is -3.09. The molecule has 0 amide bonds. The number of rotatable bonds is 7. The largest absolute Gasteiger partial charge is 0.396 e. The summed E-state index contributed by atoms with van der Waals surface area (Å²) in [6, 6.07) is 0.494. The second kappa shape index (κ2) is 6.87. The van der Waals surface area contributed by atoms with Crippen molar-refractivity contribution in [3.63, 3.8) is 0 Å². The monoisotopic (exact) mass is 324 g/mol. The molecule has 0 fully saturated rings. The number of aliphatic hydroxyl groups is 1. The Bertz CT molecular complexity index is 636. The van der Waals surface area contributed by atoms with Crippen LogP contribution in [0.25, 0.3) is 0 Å². The zero-order valence-electron chi connectivity index (χ0n) is 11.0.